The van der Waals surface area contributed by atoms with E-state index in [-0.39, 0.29) is 6.61 Å². The van der Waals surface area contributed by atoms with Gasteiger partial charge in [-0.2, -0.15) is 0 Å². The molecule has 21 heavy (non-hydrogen) atoms. The lowest BCUT2D eigenvalue weighted by Crippen LogP contribution is -2.16. The van der Waals surface area contributed by atoms with Crippen LogP contribution >= 0.6 is 0 Å². The molecule has 4 rings (SSSR count). The van der Waals surface area contributed by atoms with E-state index in [1.165, 1.54) is 25.7 Å². The number of fused-ring (bicyclic) bond motifs is 3. The normalized spacial score (nSPS) is 16.0. The highest BCUT2D eigenvalue weighted by atomic mass is 16.3. The summed E-state index contributed by atoms with van der Waals surface area (Å²) in [5, 5.41) is 13.1. The van der Waals surface area contributed by atoms with Gasteiger partial charge in [0.2, 0.25) is 0 Å². The predicted octanol–water partition coefficient (Wildman–Crippen LogP) is 2.73. The van der Waals surface area contributed by atoms with Crippen LogP contribution in [0.25, 0.3) is 16.7 Å². The summed E-state index contributed by atoms with van der Waals surface area (Å²) in [6.07, 6.45) is 6.65. The van der Waals surface area contributed by atoms with Crippen LogP contribution in [-0.4, -0.2) is 25.5 Å². The SMILES string of the molecule is OCc1cnc2c(NC3CCCC3)nc3ccccc3n12. The second kappa shape index (κ2) is 5.00. The number of hydrogen-bond donors (Lipinski definition) is 2. The molecule has 5 heteroatoms. The van der Waals surface area contributed by atoms with Gasteiger partial charge in [0.15, 0.2) is 11.5 Å². The lowest BCUT2D eigenvalue weighted by Gasteiger charge is -2.15. The lowest BCUT2D eigenvalue weighted by molar-refractivity contribution is 0.276. The molecule has 0 amide bonds. The summed E-state index contributed by atoms with van der Waals surface area (Å²) >= 11 is 0. The Kier molecular flexibility index (Phi) is 3.00. The van der Waals surface area contributed by atoms with Gasteiger partial charge in [-0.3, -0.25) is 4.40 Å². The average molecular weight is 282 g/mol. The maximum absolute atomic E-state index is 9.56. The van der Waals surface area contributed by atoms with E-state index >= 15 is 0 Å². The van der Waals surface area contributed by atoms with Crippen molar-refractivity contribution >= 4 is 22.5 Å². The number of anilines is 1. The van der Waals surface area contributed by atoms with Crippen molar-refractivity contribution in [3.8, 4) is 0 Å². The molecule has 0 atom stereocenters. The molecular weight excluding hydrogens is 264 g/mol. The predicted molar refractivity (Wildman–Crippen MR) is 82.3 cm³/mol. The van der Waals surface area contributed by atoms with Crippen LogP contribution in [0.4, 0.5) is 5.82 Å². The Morgan fingerprint density at radius 2 is 2.05 bits per heavy atom. The highest BCUT2D eigenvalue weighted by molar-refractivity contribution is 5.83. The van der Waals surface area contributed by atoms with Crippen LogP contribution in [0, 0.1) is 0 Å². The van der Waals surface area contributed by atoms with E-state index in [4.69, 9.17) is 4.98 Å². The topological polar surface area (TPSA) is 62.5 Å². The van der Waals surface area contributed by atoms with Gasteiger partial charge in [0.25, 0.3) is 0 Å². The molecule has 0 radical (unpaired) electrons. The number of benzene rings is 1. The maximum Gasteiger partial charge on any atom is 0.180 e. The fraction of sp³-hybridized carbons (Fsp3) is 0.375. The van der Waals surface area contributed by atoms with Crippen molar-refractivity contribution in [3.63, 3.8) is 0 Å². The Morgan fingerprint density at radius 3 is 2.86 bits per heavy atom. The molecule has 0 spiro atoms. The number of aromatic nitrogens is 3. The molecule has 1 fully saturated rings. The summed E-state index contributed by atoms with van der Waals surface area (Å²) in [7, 11) is 0. The number of nitrogens with one attached hydrogen (secondary N) is 1. The van der Waals surface area contributed by atoms with E-state index in [2.05, 4.69) is 10.3 Å². The molecule has 3 aromatic rings. The molecule has 0 aliphatic heterocycles. The van der Waals surface area contributed by atoms with Crippen LogP contribution in [0.1, 0.15) is 31.4 Å². The summed E-state index contributed by atoms with van der Waals surface area (Å²) in [6, 6.07) is 8.45. The van der Waals surface area contributed by atoms with Crippen LogP contribution < -0.4 is 5.32 Å². The third-order valence-corrected chi connectivity index (χ3v) is 4.26. The zero-order valence-electron chi connectivity index (χ0n) is 11.8. The smallest absolute Gasteiger partial charge is 0.180 e. The maximum atomic E-state index is 9.56. The summed E-state index contributed by atoms with van der Waals surface area (Å²) in [6.45, 7) is -0.0297. The first-order valence-electron chi connectivity index (χ1n) is 7.49. The molecule has 1 aliphatic rings. The van der Waals surface area contributed by atoms with Crippen LogP contribution in [0.15, 0.2) is 30.5 Å². The molecular formula is C16H18N4O. The van der Waals surface area contributed by atoms with Crippen molar-refractivity contribution in [1.82, 2.24) is 14.4 Å². The molecule has 1 aliphatic carbocycles. The molecule has 1 aromatic carbocycles. The Hall–Kier alpha value is -2.14. The third kappa shape index (κ3) is 2.05. The van der Waals surface area contributed by atoms with E-state index in [9.17, 15) is 5.11 Å². The first-order valence-corrected chi connectivity index (χ1v) is 7.49. The number of aliphatic hydroxyl groups is 1. The van der Waals surface area contributed by atoms with E-state index < -0.39 is 0 Å². The number of imidazole rings is 1. The van der Waals surface area contributed by atoms with E-state index in [0.717, 1.165) is 28.2 Å². The summed E-state index contributed by atoms with van der Waals surface area (Å²) in [5.41, 5.74) is 3.48. The van der Waals surface area contributed by atoms with Crippen LogP contribution in [0.5, 0.6) is 0 Å². The van der Waals surface area contributed by atoms with Gasteiger partial charge in [0.05, 0.1) is 29.5 Å². The minimum Gasteiger partial charge on any atom is -0.390 e. The van der Waals surface area contributed by atoms with Crippen LogP contribution in [-0.2, 0) is 6.61 Å². The quantitative estimate of drug-likeness (QED) is 0.775. The molecule has 2 N–H and O–H groups in total. The standard InChI is InChI=1S/C16H18N4O/c21-10-12-9-17-16-15(18-11-5-1-2-6-11)19-13-7-3-4-8-14(13)20(12)16/h3-4,7-9,11,21H,1-2,5-6,10H2,(H,18,19). The largest absolute Gasteiger partial charge is 0.390 e. The molecule has 5 nitrogen and oxygen atoms in total. The van der Waals surface area contributed by atoms with Gasteiger partial charge in [-0.25, -0.2) is 9.97 Å². The van der Waals surface area contributed by atoms with Crippen molar-refractivity contribution in [2.24, 2.45) is 0 Å². The van der Waals surface area contributed by atoms with Crippen molar-refractivity contribution in [2.75, 3.05) is 5.32 Å². The lowest BCUT2D eigenvalue weighted by atomic mass is 10.2. The second-order valence-electron chi connectivity index (χ2n) is 5.64. The fourth-order valence-electron chi connectivity index (χ4n) is 3.21. The molecule has 108 valence electrons. The number of aliphatic hydroxyl groups excluding tert-OH is 1. The first-order chi connectivity index (χ1) is 10.4. The van der Waals surface area contributed by atoms with Gasteiger partial charge in [0, 0.05) is 6.04 Å². The molecule has 0 saturated heterocycles. The van der Waals surface area contributed by atoms with Crippen molar-refractivity contribution < 1.29 is 5.11 Å². The zero-order chi connectivity index (χ0) is 14.2. The van der Waals surface area contributed by atoms with E-state index in [1.54, 1.807) is 6.20 Å². The number of rotatable bonds is 3. The number of para-hydroxylation sites is 2. The van der Waals surface area contributed by atoms with Gasteiger partial charge < -0.3 is 10.4 Å². The molecule has 0 bridgehead atoms. The zero-order valence-corrected chi connectivity index (χ0v) is 11.8. The third-order valence-electron chi connectivity index (χ3n) is 4.26. The Morgan fingerprint density at radius 1 is 1.24 bits per heavy atom. The monoisotopic (exact) mass is 282 g/mol. The first kappa shape index (κ1) is 12.6. The van der Waals surface area contributed by atoms with Gasteiger partial charge in [-0.05, 0) is 25.0 Å². The van der Waals surface area contributed by atoms with Crippen molar-refractivity contribution in [3.05, 3.63) is 36.2 Å². The second-order valence-corrected chi connectivity index (χ2v) is 5.64. The highest BCUT2D eigenvalue weighted by Crippen LogP contribution is 2.26. The fourth-order valence-corrected chi connectivity index (χ4v) is 3.21. The van der Waals surface area contributed by atoms with Crippen molar-refractivity contribution in [2.45, 2.75) is 38.3 Å². The number of nitrogens with zero attached hydrogens (tertiary/aromatic N) is 3. The summed E-state index contributed by atoms with van der Waals surface area (Å²) in [4.78, 5) is 9.20. The minimum absolute atomic E-state index is 0.0297. The van der Waals surface area contributed by atoms with Gasteiger partial charge in [-0.15, -0.1) is 0 Å². The van der Waals surface area contributed by atoms with Gasteiger partial charge >= 0.3 is 0 Å². The number of hydrogen-bond acceptors (Lipinski definition) is 4. The molecule has 2 heterocycles. The van der Waals surface area contributed by atoms with Crippen LogP contribution in [0.3, 0.4) is 0 Å². The Balaban J connectivity index is 1.93. The molecule has 0 unspecified atom stereocenters. The average Bonchev–Trinajstić information content (AvgIpc) is 3.16. The van der Waals surface area contributed by atoms with Gasteiger partial charge in [-0.1, -0.05) is 25.0 Å². The van der Waals surface area contributed by atoms with E-state index in [0.29, 0.717) is 6.04 Å². The van der Waals surface area contributed by atoms with E-state index in [1.807, 2.05) is 28.7 Å². The molecule has 2 aromatic heterocycles. The van der Waals surface area contributed by atoms with Crippen LogP contribution in [0.2, 0.25) is 0 Å². The minimum atomic E-state index is -0.0297. The molecule has 1 saturated carbocycles. The highest BCUT2D eigenvalue weighted by Gasteiger charge is 2.19. The Labute approximate surface area is 122 Å². The summed E-state index contributed by atoms with van der Waals surface area (Å²) < 4.78 is 2.00. The summed E-state index contributed by atoms with van der Waals surface area (Å²) in [5.74, 6) is 0.820. The van der Waals surface area contributed by atoms with Crippen molar-refractivity contribution in [1.29, 1.82) is 0 Å². The Bertz CT molecular complexity index is 789. The van der Waals surface area contributed by atoms with Gasteiger partial charge in [0.1, 0.15) is 0 Å².